The van der Waals surface area contributed by atoms with E-state index in [1.54, 1.807) is 6.26 Å². The Morgan fingerprint density at radius 1 is 1.39 bits per heavy atom. The largest absolute Gasteiger partial charge is 0.468 e. The average Bonchev–Trinajstić information content (AvgIpc) is 2.82. The molecule has 1 rings (SSSR count). The van der Waals surface area contributed by atoms with Crippen LogP contribution in [0.4, 0.5) is 0 Å². The first kappa shape index (κ1) is 15.3. The lowest BCUT2D eigenvalue weighted by Gasteiger charge is -2.18. The van der Waals surface area contributed by atoms with E-state index in [1.807, 2.05) is 12.1 Å². The smallest absolute Gasteiger partial charge is 0.117 e. The minimum Gasteiger partial charge on any atom is -0.468 e. The van der Waals surface area contributed by atoms with Crippen LogP contribution in [0, 0.1) is 0 Å². The van der Waals surface area contributed by atoms with Gasteiger partial charge in [-0.3, -0.25) is 4.90 Å². The van der Waals surface area contributed by atoms with E-state index >= 15 is 0 Å². The molecule has 0 saturated carbocycles. The van der Waals surface area contributed by atoms with Crippen LogP contribution < -0.4 is 5.32 Å². The highest BCUT2D eigenvalue weighted by Gasteiger charge is 2.04. The van der Waals surface area contributed by atoms with E-state index in [0.717, 1.165) is 25.4 Å². The molecule has 3 heteroatoms. The fraction of sp³-hybridized carbons (Fsp3) is 0.733. The number of nitrogens with zero attached hydrogens (tertiary/aromatic N) is 1. The highest BCUT2D eigenvalue weighted by Crippen LogP contribution is 2.04. The fourth-order valence-electron chi connectivity index (χ4n) is 2.05. The van der Waals surface area contributed by atoms with Crippen LogP contribution in [-0.2, 0) is 6.54 Å². The molecular formula is C15H28N2O. The van der Waals surface area contributed by atoms with Gasteiger partial charge in [0.25, 0.3) is 0 Å². The number of rotatable bonds is 10. The minimum absolute atomic E-state index is 0.633. The molecule has 1 aromatic heterocycles. The molecule has 104 valence electrons. The molecule has 0 aliphatic rings. The molecule has 0 saturated heterocycles. The molecule has 1 atom stereocenters. The second-order valence-corrected chi connectivity index (χ2v) is 5.17. The van der Waals surface area contributed by atoms with Crippen LogP contribution in [0.3, 0.4) is 0 Å². The monoisotopic (exact) mass is 252 g/mol. The summed E-state index contributed by atoms with van der Waals surface area (Å²) in [5, 5.41) is 3.58. The van der Waals surface area contributed by atoms with Crippen molar-refractivity contribution in [2.75, 3.05) is 20.1 Å². The van der Waals surface area contributed by atoms with Gasteiger partial charge in [0.2, 0.25) is 0 Å². The van der Waals surface area contributed by atoms with Crippen LogP contribution in [0.2, 0.25) is 0 Å². The molecular weight excluding hydrogens is 224 g/mol. The Kier molecular flexibility index (Phi) is 7.78. The van der Waals surface area contributed by atoms with Crippen molar-refractivity contribution in [3.63, 3.8) is 0 Å². The van der Waals surface area contributed by atoms with Gasteiger partial charge in [-0.05, 0) is 32.5 Å². The molecule has 0 spiro atoms. The van der Waals surface area contributed by atoms with Crippen molar-refractivity contribution in [1.82, 2.24) is 10.2 Å². The molecule has 0 aliphatic carbocycles. The Labute approximate surface area is 112 Å². The van der Waals surface area contributed by atoms with Crippen molar-refractivity contribution in [2.45, 2.75) is 52.1 Å². The summed E-state index contributed by atoms with van der Waals surface area (Å²) < 4.78 is 5.33. The third-order valence-corrected chi connectivity index (χ3v) is 3.23. The lowest BCUT2D eigenvalue weighted by atomic mass is 10.1. The van der Waals surface area contributed by atoms with Gasteiger partial charge in [-0.25, -0.2) is 0 Å². The lowest BCUT2D eigenvalue weighted by molar-refractivity contribution is 0.288. The predicted octanol–water partition coefficient (Wildman–Crippen LogP) is 3.27. The van der Waals surface area contributed by atoms with Crippen LogP contribution in [-0.4, -0.2) is 31.1 Å². The van der Waals surface area contributed by atoms with E-state index in [1.165, 1.54) is 25.7 Å². The zero-order valence-corrected chi connectivity index (χ0v) is 12.1. The molecule has 0 amide bonds. The summed E-state index contributed by atoms with van der Waals surface area (Å²) in [5.41, 5.74) is 0. The van der Waals surface area contributed by atoms with Gasteiger partial charge in [-0.15, -0.1) is 0 Å². The summed E-state index contributed by atoms with van der Waals surface area (Å²) in [7, 11) is 2.13. The summed E-state index contributed by atoms with van der Waals surface area (Å²) in [5.74, 6) is 1.04. The summed E-state index contributed by atoms with van der Waals surface area (Å²) >= 11 is 0. The molecule has 1 heterocycles. The molecule has 0 bridgehead atoms. The van der Waals surface area contributed by atoms with E-state index in [9.17, 15) is 0 Å². The number of hydrogen-bond donors (Lipinski definition) is 1. The van der Waals surface area contributed by atoms with Crippen LogP contribution in [0.15, 0.2) is 22.8 Å². The van der Waals surface area contributed by atoms with Gasteiger partial charge in [-0.2, -0.15) is 0 Å². The molecule has 0 aliphatic heterocycles. The maximum absolute atomic E-state index is 5.33. The highest BCUT2D eigenvalue weighted by atomic mass is 16.3. The van der Waals surface area contributed by atoms with E-state index in [0.29, 0.717) is 6.04 Å². The molecule has 18 heavy (non-hydrogen) atoms. The van der Waals surface area contributed by atoms with Crippen LogP contribution >= 0.6 is 0 Å². The molecule has 1 N–H and O–H groups in total. The highest BCUT2D eigenvalue weighted by molar-refractivity contribution is 4.97. The van der Waals surface area contributed by atoms with Gasteiger partial charge >= 0.3 is 0 Å². The minimum atomic E-state index is 0.633. The number of nitrogens with one attached hydrogen (secondary N) is 1. The zero-order chi connectivity index (χ0) is 13.2. The molecule has 0 fully saturated rings. The Balaban J connectivity index is 2.02. The van der Waals surface area contributed by atoms with Crippen molar-refractivity contribution >= 4 is 0 Å². The first-order valence-electron chi connectivity index (χ1n) is 7.16. The second-order valence-electron chi connectivity index (χ2n) is 5.17. The van der Waals surface area contributed by atoms with Crippen LogP contribution in [0.25, 0.3) is 0 Å². The topological polar surface area (TPSA) is 28.4 Å². The predicted molar refractivity (Wildman–Crippen MR) is 76.6 cm³/mol. The van der Waals surface area contributed by atoms with Crippen molar-refractivity contribution < 1.29 is 4.42 Å². The van der Waals surface area contributed by atoms with Gasteiger partial charge in [0.15, 0.2) is 0 Å². The van der Waals surface area contributed by atoms with E-state index < -0.39 is 0 Å². The molecule has 0 aromatic carbocycles. The van der Waals surface area contributed by atoms with Gasteiger partial charge in [-0.1, -0.05) is 26.2 Å². The Morgan fingerprint density at radius 3 is 2.89 bits per heavy atom. The van der Waals surface area contributed by atoms with Gasteiger partial charge in [0, 0.05) is 19.1 Å². The Hall–Kier alpha value is -0.800. The summed E-state index contributed by atoms with van der Waals surface area (Å²) in [4.78, 5) is 2.28. The Morgan fingerprint density at radius 2 is 2.22 bits per heavy atom. The summed E-state index contributed by atoms with van der Waals surface area (Å²) in [6.45, 7) is 7.52. The molecule has 3 nitrogen and oxygen atoms in total. The first-order valence-corrected chi connectivity index (χ1v) is 7.16. The quantitative estimate of drug-likeness (QED) is 0.648. The average molecular weight is 252 g/mol. The molecule has 0 radical (unpaired) electrons. The number of hydrogen-bond acceptors (Lipinski definition) is 3. The number of likely N-dealkylation sites (N-methyl/N-ethyl adjacent to an activating group) is 1. The van der Waals surface area contributed by atoms with E-state index in [2.05, 4.69) is 31.1 Å². The number of furan rings is 1. The van der Waals surface area contributed by atoms with Crippen LogP contribution in [0.1, 0.15) is 45.3 Å². The fourth-order valence-corrected chi connectivity index (χ4v) is 2.05. The molecule has 1 unspecified atom stereocenters. The summed E-state index contributed by atoms with van der Waals surface area (Å²) in [6, 6.07) is 4.60. The standard InChI is InChI=1S/C15H28N2O/c1-4-5-6-8-14(2)16-10-11-17(3)13-15-9-7-12-18-15/h7,9,12,14,16H,4-6,8,10-11,13H2,1-3H3. The second kappa shape index (κ2) is 9.17. The van der Waals surface area contributed by atoms with Gasteiger partial charge in [0.1, 0.15) is 5.76 Å². The first-order chi connectivity index (χ1) is 8.72. The molecule has 1 aromatic rings. The van der Waals surface area contributed by atoms with Gasteiger partial charge < -0.3 is 9.73 Å². The van der Waals surface area contributed by atoms with Crippen molar-refractivity contribution in [2.24, 2.45) is 0 Å². The maximum Gasteiger partial charge on any atom is 0.117 e. The van der Waals surface area contributed by atoms with Gasteiger partial charge in [0.05, 0.1) is 12.8 Å². The lowest BCUT2D eigenvalue weighted by Crippen LogP contribution is -2.34. The van der Waals surface area contributed by atoms with E-state index in [-0.39, 0.29) is 0 Å². The summed E-state index contributed by atoms with van der Waals surface area (Å²) in [6.07, 6.45) is 7.02. The maximum atomic E-state index is 5.33. The SMILES string of the molecule is CCCCCC(C)NCCN(C)Cc1ccco1. The normalized spacial score (nSPS) is 13.1. The van der Waals surface area contributed by atoms with E-state index in [4.69, 9.17) is 4.42 Å². The number of unbranched alkanes of at least 4 members (excludes halogenated alkanes) is 2. The van der Waals surface area contributed by atoms with Crippen LogP contribution in [0.5, 0.6) is 0 Å². The zero-order valence-electron chi connectivity index (χ0n) is 12.1. The van der Waals surface area contributed by atoms with Crippen molar-refractivity contribution in [3.05, 3.63) is 24.2 Å². The third-order valence-electron chi connectivity index (χ3n) is 3.23. The van der Waals surface area contributed by atoms with Crippen molar-refractivity contribution in [3.8, 4) is 0 Å². The van der Waals surface area contributed by atoms with Crippen molar-refractivity contribution in [1.29, 1.82) is 0 Å². The third kappa shape index (κ3) is 6.82. The Bertz CT molecular complexity index is 285.